The molecular formula is C23H19FN4O4S2. The van der Waals surface area contributed by atoms with Crippen molar-refractivity contribution in [1.29, 1.82) is 0 Å². The summed E-state index contributed by atoms with van der Waals surface area (Å²) in [6.07, 6.45) is 2.16. The summed E-state index contributed by atoms with van der Waals surface area (Å²) in [6, 6.07) is 16.3. The third-order valence-electron chi connectivity index (χ3n) is 5.49. The number of pyridine rings is 2. The van der Waals surface area contributed by atoms with E-state index in [9.17, 15) is 21.2 Å². The Labute approximate surface area is 196 Å². The third kappa shape index (κ3) is 4.19. The number of hydrogen-bond donors (Lipinski definition) is 1. The standard InChI is InChI=1S/C23H19FN4O4S2/c24-20-9-4-16(15-19(20)21-10-11-22-23(26-21)3-1-12-25-22)27-34(31,32)18-7-5-17(6-8-18)28-13-2-14-33(28,29)30/h1,3-12,15,27H,2,13-14H2. The van der Waals surface area contributed by atoms with Gasteiger partial charge >= 0.3 is 0 Å². The summed E-state index contributed by atoms with van der Waals surface area (Å²) >= 11 is 0. The van der Waals surface area contributed by atoms with Crippen LogP contribution < -0.4 is 9.03 Å². The molecule has 1 aliphatic heterocycles. The van der Waals surface area contributed by atoms with Crippen molar-refractivity contribution in [1.82, 2.24) is 9.97 Å². The number of rotatable bonds is 5. The first-order valence-electron chi connectivity index (χ1n) is 10.4. The average molecular weight is 499 g/mol. The van der Waals surface area contributed by atoms with Gasteiger partial charge < -0.3 is 0 Å². The van der Waals surface area contributed by atoms with Crippen LogP contribution in [0.25, 0.3) is 22.3 Å². The Morgan fingerprint density at radius 1 is 0.971 bits per heavy atom. The number of aromatic nitrogens is 2. The Bertz CT molecular complexity index is 1610. The third-order valence-corrected chi connectivity index (χ3v) is 8.75. The van der Waals surface area contributed by atoms with Gasteiger partial charge in [0.05, 0.1) is 33.1 Å². The zero-order valence-electron chi connectivity index (χ0n) is 17.7. The molecule has 8 nitrogen and oxygen atoms in total. The number of anilines is 2. The second-order valence-corrected chi connectivity index (χ2v) is 11.5. The molecule has 1 N–H and O–H groups in total. The second-order valence-electron chi connectivity index (χ2n) is 7.77. The molecule has 1 aliphatic rings. The molecule has 0 bridgehead atoms. The van der Waals surface area contributed by atoms with Gasteiger partial charge in [0.2, 0.25) is 10.0 Å². The molecule has 0 spiro atoms. The summed E-state index contributed by atoms with van der Waals surface area (Å²) in [5.74, 6) is -0.473. The molecule has 3 heterocycles. The fourth-order valence-electron chi connectivity index (χ4n) is 3.83. The Balaban J connectivity index is 1.42. The van der Waals surface area contributed by atoms with Crippen LogP contribution in [0.3, 0.4) is 0 Å². The van der Waals surface area contributed by atoms with E-state index in [1.807, 2.05) is 0 Å². The Hall–Kier alpha value is -3.57. The molecule has 11 heteroatoms. The fraction of sp³-hybridized carbons (Fsp3) is 0.130. The van der Waals surface area contributed by atoms with Crippen molar-refractivity contribution in [2.24, 2.45) is 0 Å². The number of nitrogens with zero attached hydrogens (tertiary/aromatic N) is 3. The van der Waals surface area contributed by atoms with E-state index < -0.39 is 25.9 Å². The van der Waals surface area contributed by atoms with Gasteiger partial charge in [-0.05, 0) is 73.2 Å². The highest BCUT2D eigenvalue weighted by Crippen LogP contribution is 2.29. The lowest BCUT2D eigenvalue weighted by atomic mass is 10.1. The van der Waals surface area contributed by atoms with Crippen molar-refractivity contribution in [3.8, 4) is 11.3 Å². The fourth-order valence-corrected chi connectivity index (χ4v) is 6.44. The first-order valence-corrected chi connectivity index (χ1v) is 13.5. The van der Waals surface area contributed by atoms with Crippen LogP contribution in [0.2, 0.25) is 0 Å². The smallest absolute Gasteiger partial charge is 0.261 e. The Kier molecular flexibility index (Phi) is 5.45. The van der Waals surface area contributed by atoms with E-state index in [1.165, 1.54) is 46.8 Å². The minimum absolute atomic E-state index is 0.0476. The van der Waals surface area contributed by atoms with Crippen molar-refractivity contribution < 1.29 is 21.2 Å². The summed E-state index contributed by atoms with van der Waals surface area (Å²) < 4.78 is 68.3. The Morgan fingerprint density at radius 2 is 1.76 bits per heavy atom. The highest BCUT2D eigenvalue weighted by atomic mass is 32.2. The SMILES string of the molecule is O=S(=O)(Nc1ccc(F)c(-c2ccc3ncccc3n2)c1)c1ccc(N2CCCS2(=O)=O)cc1. The van der Waals surface area contributed by atoms with Crippen molar-refractivity contribution in [2.75, 3.05) is 21.3 Å². The number of halogens is 1. The maximum absolute atomic E-state index is 14.6. The molecule has 1 fully saturated rings. The van der Waals surface area contributed by atoms with Crippen LogP contribution >= 0.6 is 0 Å². The molecule has 0 amide bonds. The zero-order valence-corrected chi connectivity index (χ0v) is 19.4. The average Bonchev–Trinajstić information content (AvgIpc) is 3.19. The highest BCUT2D eigenvalue weighted by Gasteiger charge is 2.28. The topological polar surface area (TPSA) is 109 Å². The second kappa shape index (κ2) is 8.33. The lowest BCUT2D eigenvalue weighted by Crippen LogP contribution is -2.25. The summed E-state index contributed by atoms with van der Waals surface area (Å²) in [6.45, 7) is 0.365. The van der Waals surface area contributed by atoms with E-state index in [-0.39, 0.29) is 21.9 Å². The molecule has 0 radical (unpaired) electrons. The van der Waals surface area contributed by atoms with Gasteiger partial charge in [-0.2, -0.15) is 0 Å². The maximum atomic E-state index is 14.6. The van der Waals surface area contributed by atoms with Gasteiger partial charge in [0, 0.05) is 24.0 Å². The molecular weight excluding hydrogens is 479 g/mol. The quantitative estimate of drug-likeness (QED) is 0.449. The van der Waals surface area contributed by atoms with Gasteiger partial charge in [0.1, 0.15) is 5.82 Å². The summed E-state index contributed by atoms with van der Waals surface area (Å²) in [5, 5.41) is 0. The van der Waals surface area contributed by atoms with Gasteiger partial charge in [0.25, 0.3) is 10.0 Å². The monoisotopic (exact) mass is 498 g/mol. The number of benzene rings is 2. The molecule has 34 heavy (non-hydrogen) atoms. The summed E-state index contributed by atoms with van der Waals surface area (Å²) in [5.41, 5.74) is 2.31. The van der Waals surface area contributed by atoms with E-state index in [2.05, 4.69) is 14.7 Å². The van der Waals surface area contributed by atoms with E-state index in [4.69, 9.17) is 0 Å². The van der Waals surface area contributed by atoms with Gasteiger partial charge in [-0.15, -0.1) is 0 Å². The number of nitrogens with one attached hydrogen (secondary N) is 1. The largest absolute Gasteiger partial charge is 0.280 e. The molecule has 0 saturated carbocycles. The highest BCUT2D eigenvalue weighted by molar-refractivity contribution is 7.93. The van der Waals surface area contributed by atoms with Crippen LogP contribution in [0.4, 0.5) is 15.8 Å². The molecule has 0 aliphatic carbocycles. The number of sulfonamides is 2. The lowest BCUT2D eigenvalue weighted by molar-refractivity contribution is 0.599. The van der Waals surface area contributed by atoms with Crippen LogP contribution in [0.1, 0.15) is 6.42 Å². The molecule has 1 saturated heterocycles. The predicted octanol–water partition coefficient (Wildman–Crippen LogP) is 3.78. The van der Waals surface area contributed by atoms with E-state index in [1.54, 1.807) is 30.5 Å². The van der Waals surface area contributed by atoms with E-state index in [0.717, 1.165) is 0 Å². The number of fused-ring (bicyclic) bond motifs is 1. The number of hydrogen-bond acceptors (Lipinski definition) is 6. The van der Waals surface area contributed by atoms with Crippen molar-refractivity contribution in [3.05, 3.63) is 78.7 Å². The normalized spacial score (nSPS) is 15.5. The van der Waals surface area contributed by atoms with Crippen LogP contribution in [0.15, 0.2) is 77.8 Å². The van der Waals surface area contributed by atoms with Gasteiger partial charge in [-0.1, -0.05) is 0 Å². The lowest BCUT2D eigenvalue weighted by Gasteiger charge is -2.17. The minimum atomic E-state index is -4.00. The first kappa shape index (κ1) is 22.2. The molecule has 4 aromatic rings. The van der Waals surface area contributed by atoms with Crippen LogP contribution in [0, 0.1) is 5.82 Å². The van der Waals surface area contributed by atoms with Gasteiger partial charge in [-0.25, -0.2) is 26.2 Å². The molecule has 174 valence electrons. The van der Waals surface area contributed by atoms with Crippen LogP contribution in [-0.2, 0) is 20.0 Å². The van der Waals surface area contributed by atoms with Gasteiger partial charge in [0.15, 0.2) is 0 Å². The zero-order chi connectivity index (χ0) is 23.9. The van der Waals surface area contributed by atoms with E-state index in [0.29, 0.717) is 35.4 Å². The van der Waals surface area contributed by atoms with Crippen molar-refractivity contribution in [2.45, 2.75) is 11.3 Å². The summed E-state index contributed by atoms with van der Waals surface area (Å²) in [4.78, 5) is 8.57. The van der Waals surface area contributed by atoms with E-state index >= 15 is 0 Å². The first-order chi connectivity index (χ1) is 16.2. The maximum Gasteiger partial charge on any atom is 0.261 e. The molecule has 2 aromatic carbocycles. The molecule has 0 unspecified atom stereocenters. The van der Waals surface area contributed by atoms with Crippen LogP contribution in [-0.4, -0.2) is 39.1 Å². The predicted molar refractivity (Wildman–Crippen MR) is 128 cm³/mol. The van der Waals surface area contributed by atoms with Crippen LogP contribution in [0.5, 0.6) is 0 Å². The van der Waals surface area contributed by atoms with Crippen molar-refractivity contribution >= 4 is 42.5 Å². The molecule has 2 aromatic heterocycles. The Morgan fingerprint density at radius 3 is 2.50 bits per heavy atom. The van der Waals surface area contributed by atoms with Crippen molar-refractivity contribution in [3.63, 3.8) is 0 Å². The molecule has 5 rings (SSSR count). The van der Waals surface area contributed by atoms with Gasteiger partial charge in [-0.3, -0.25) is 14.0 Å². The summed E-state index contributed by atoms with van der Waals surface area (Å²) in [7, 11) is -7.36. The minimum Gasteiger partial charge on any atom is -0.280 e. The molecule has 0 atom stereocenters.